The first-order valence-electron chi connectivity index (χ1n) is 27.3. The van der Waals surface area contributed by atoms with E-state index >= 15 is 0 Å². The predicted molar refractivity (Wildman–Crippen MR) is 296 cm³/mol. The molecule has 1 aliphatic rings. The van der Waals surface area contributed by atoms with Crippen LogP contribution < -0.4 is 58.2 Å². The van der Waals surface area contributed by atoms with Crippen molar-refractivity contribution in [3.63, 3.8) is 0 Å². The molecule has 2 aromatic rings. The molecule has 1 saturated heterocycles. The van der Waals surface area contributed by atoms with Crippen molar-refractivity contribution in [3.8, 4) is 5.75 Å². The second-order valence-electron chi connectivity index (χ2n) is 22.3. The number of likely N-dealkylation sites (N-methyl/N-ethyl adjacent to an activating group) is 1. The smallest absolute Gasteiger partial charge is 0.349 e. The van der Waals surface area contributed by atoms with Crippen LogP contribution in [-0.2, 0) is 43.2 Å². The normalized spacial score (nSPS) is 14.4. The van der Waals surface area contributed by atoms with E-state index in [4.69, 9.17) is 9.15 Å². The second-order valence-corrected chi connectivity index (χ2v) is 22.3. The molecule has 0 spiro atoms. The molecule has 1 aromatic heterocycles. The number of likely N-dealkylation sites (tertiary alicyclic amines) is 1. The van der Waals surface area contributed by atoms with Crippen molar-refractivity contribution in [2.45, 2.75) is 168 Å². The van der Waals surface area contributed by atoms with E-state index in [0.29, 0.717) is 37.1 Å². The quantitative estimate of drug-likeness (QED) is 0.0368. The van der Waals surface area contributed by atoms with Crippen LogP contribution in [0.3, 0.4) is 0 Å². The molecule has 24 nitrogen and oxygen atoms in total. The molecule has 440 valence electrons. The van der Waals surface area contributed by atoms with Crippen LogP contribution in [0.5, 0.6) is 5.75 Å². The second kappa shape index (κ2) is 30.9. The lowest BCUT2D eigenvalue weighted by Crippen LogP contribution is -2.64. The summed E-state index contributed by atoms with van der Waals surface area (Å²) in [6, 6.07) is 3.01. The third-order valence-electron chi connectivity index (χ3n) is 13.2. The number of unbranched alkanes of at least 4 members (excludes halogenated alkanes) is 5. The maximum Gasteiger partial charge on any atom is 0.349 e. The Balaban J connectivity index is 1.57. The Morgan fingerprint density at radius 2 is 1.34 bits per heavy atom. The number of nitrogens with one attached hydrogen (secondary N) is 9. The first-order valence-corrected chi connectivity index (χ1v) is 27.3. The summed E-state index contributed by atoms with van der Waals surface area (Å²) in [4.78, 5) is 150. The SMILES string of the molecule is CCCCCCCC[C@H](NC(=O)[C@@H]1CCCN1C(=O)c1cc2ccc(OC)cc2oc1=O)C(=O)NCC(=O)NC(C)(C)C(=O)NCC(=O)N[C@@H](CC(C)C)C(=O)NC(C)(C)C(=O)NC(C)(C)C(=O)NCCC(=O)NCCN(C)C. The van der Waals surface area contributed by atoms with Crippen molar-refractivity contribution in [1.29, 1.82) is 0 Å². The minimum absolute atomic E-state index is 0.0319. The van der Waals surface area contributed by atoms with Gasteiger partial charge in [-0.3, -0.25) is 47.9 Å². The number of fused-ring (bicyclic) bond motifs is 1. The van der Waals surface area contributed by atoms with Crippen molar-refractivity contribution in [2.24, 2.45) is 5.92 Å². The number of ether oxygens (including phenoxy) is 1. The van der Waals surface area contributed by atoms with Gasteiger partial charge in [0.15, 0.2) is 0 Å². The van der Waals surface area contributed by atoms with Crippen LogP contribution >= 0.6 is 0 Å². The molecule has 1 aromatic carbocycles. The summed E-state index contributed by atoms with van der Waals surface area (Å²) < 4.78 is 10.6. The number of carbonyl (C=O) groups excluding carboxylic acids is 10. The highest BCUT2D eigenvalue weighted by molar-refractivity contribution is 6.01. The fourth-order valence-electron chi connectivity index (χ4n) is 8.51. The number of methoxy groups -OCH3 is 1. The maximum absolute atomic E-state index is 13.9. The van der Waals surface area contributed by atoms with Crippen LogP contribution in [0.15, 0.2) is 33.5 Å². The molecule has 0 aliphatic carbocycles. The van der Waals surface area contributed by atoms with E-state index in [-0.39, 0.29) is 61.7 Å². The van der Waals surface area contributed by atoms with Crippen LogP contribution in [0.4, 0.5) is 0 Å². The zero-order chi connectivity index (χ0) is 59.3. The van der Waals surface area contributed by atoms with Crippen molar-refractivity contribution in [1.82, 2.24) is 57.7 Å². The summed E-state index contributed by atoms with van der Waals surface area (Å²) in [6.45, 7) is 14.5. The van der Waals surface area contributed by atoms with E-state index in [1.807, 2.05) is 32.8 Å². The molecule has 24 heteroatoms. The van der Waals surface area contributed by atoms with E-state index in [1.54, 1.807) is 12.1 Å². The van der Waals surface area contributed by atoms with Gasteiger partial charge in [-0.1, -0.05) is 59.3 Å². The lowest BCUT2D eigenvalue weighted by molar-refractivity contribution is -0.138. The van der Waals surface area contributed by atoms with Gasteiger partial charge < -0.3 is 66.8 Å². The molecule has 10 amide bonds. The van der Waals surface area contributed by atoms with Crippen molar-refractivity contribution in [3.05, 3.63) is 40.2 Å². The largest absolute Gasteiger partial charge is 0.497 e. The summed E-state index contributed by atoms with van der Waals surface area (Å²) >= 11 is 0. The van der Waals surface area contributed by atoms with Gasteiger partial charge in [0.05, 0.1) is 20.2 Å². The molecule has 2 heterocycles. The number of carbonyl (C=O) groups is 10. The Morgan fingerprint density at radius 3 is 2.00 bits per heavy atom. The average molecular weight is 1110 g/mol. The van der Waals surface area contributed by atoms with Gasteiger partial charge in [0.1, 0.15) is 51.6 Å². The van der Waals surface area contributed by atoms with E-state index < -0.39 is 107 Å². The van der Waals surface area contributed by atoms with Gasteiger partial charge in [-0.15, -0.1) is 0 Å². The minimum Gasteiger partial charge on any atom is -0.497 e. The topological polar surface area (TPSA) is 325 Å². The molecule has 3 rings (SSSR count). The average Bonchev–Trinajstić information content (AvgIpc) is 3.92. The lowest BCUT2D eigenvalue weighted by Gasteiger charge is -2.33. The van der Waals surface area contributed by atoms with E-state index in [9.17, 15) is 52.7 Å². The van der Waals surface area contributed by atoms with E-state index in [0.717, 1.165) is 32.1 Å². The molecule has 0 saturated carbocycles. The Labute approximate surface area is 463 Å². The summed E-state index contributed by atoms with van der Waals surface area (Å²) in [7, 11) is 5.22. The van der Waals surface area contributed by atoms with Crippen LogP contribution in [0.2, 0.25) is 0 Å². The standard InChI is InChI=1S/C55H87N11O13/c1-13-14-15-16-17-18-20-38(61-47(72)40-21-19-27-66(40)48(73)37-30-35-22-23-36(78-12)31-41(35)79-49(37)74)45(70)58-33-44(69)62-53(4,5)51(76)59-32-43(68)60-39(29-34(2)3)46(71)63-55(8,9)52(77)64-54(6,7)50(75)57-25-24-42(67)56-26-28-65(10)11/h22-23,30-31,34,38-40H,13-21,24-29,32-33H2,1-12H3,(H,56,67)(H,57,75)(H,58,70)(H,59,76)(H,60,68)(H,61,72)(H,62,69)(H,63,71)(H,64,77)/t38-,39-,40-/m0/s1. The molecule has 0 radical (unpaired) electrons. The number of hydrogen-bond acceptors (Lipinski definition) is 14. The van der Waals surface area contributed by atoms with Crippen LogP contribution in [-0.4, -0.2) is 164 Å². The Kier molecular flexibility index (Phi) is 25.9. The minimum atomic E-state index is -1.61. The highest BCUT2D eigenvalue weighted by Gasteiger charge is 2.40. The van der Waals surface area contributed by atoms with Gasteiger partial charge in [-0.2, -0.15) is 0 Å². The Morgan fingerprint density at radius 1 is 0.709 bits per heavy atom. The summed E-state index contributed by atoms with van der Waals surface area (Å²) in [5, 5.41) is 24.1. The zero-order valence-corrected chi connectivity index (χ0v) is 48.3. The third kappa shape index (κ3) is 21.6. The number of benzene rings is 1. The van der Waals surface area contributed by atoms with Gasteiger partial charge in [0.25, 0.3) is 5.91 Å². The van der Waals surface area contributed by atoms with Gasteiger partial charge in [-0.25, -0.2) is 4.79 Å². The van der Waals surface area contributed by atoms with Gasteiger partial charge >= 0.3 is 5.63 Å². The molecule has 1 fully saturated rings. The molecule has 1 aliphatic heterocycles. The number of nitrogens with zero attached hydrogens (tertiary/aromatic N) is 2. The molecular formula is C55H87N11O13. The third-order valence-corrected chi connectivity index (χ3v) is 13.2. The van der Waals surface area contributed by atoms with Crippen LogP contribution in [0.1, 0.15) is 143 Å². The van der Waals surface area contributed by atoms with Crippen LogP contribution in [0.25, 0.3) is 11.0 Å². The summed E-state index contributed by atoms with van der Waals surface area (Å²) in [5.74, 6) is -6.09. The lowest BCUT2D eigenvalue weighted by atomic mass is 9.97. The Hall–Kier alpha value is -7.11. The Bertz CT molecular complexity index is 2540. The molecule has 9 N–H and O–H groups in total. The molecular weight excluding hydrogens is 1020 g/mol. The van der Waals surface area contributed by atoms with Gasteiger partial charge in [-0.05, 0) is 105 Å². The maximum atomic E-state index is 13.9. The van der Waals surface area contributed by atoms with Crippen molar-refractivity contribution < 1.29 is 57.1 Å². The molecule has 0 unspecified atom stereocenters. The first-order chi connectivity index (χ1) is 37.0. The zero-order valence-electron chi connectivity index (χ0n) is 48.3. The van der Waals surface area contributed by atoms with E-state index in [1.165, 1.54) is 65.7 Å². The fraction of sp³-hybridized carbons (Fsp3) is 0.655. The predicted octanol–water partition coefficient (Wildman–Crippen LogP) is 1.27. The van der Waals surface area contributed by atoms with Crippen LogP contribution in [0, 0.1) is 5.92 Å². The molecule has 0 bridgehead atoms. The van der Waals surface area contributed by atoms with Crippen molar-refractivity contribution >= 4 is 70.0 Å². The summed E-state index contributed by atoms with van der Waals surface area (Å²) in [5.41, 5.74) is -5.52. The van der Waals surface area contributed by atoms with E-state index in [2.05, 4.69) is 54.8 Å². The van der Waals surface area contributed by atoms with Gasteiger partial charge in [0, 0.05) is 44.1 Å². The first kappa shape index (κ1) is 66.2. The molecule has 79 heavy (non-hydrogen) atoms. The highest BCUT2D eigenvalue weighted by atomic mass is 16.5. The summed E-state index contributed by atoms with van der Waals surface area (Å²) in [6.07, 6.45) is 6.54. The number of rotatable bonds is 32. The highest BCUT2D eigenvalue weighted by Crippen LogP contribution is 2.24. The molecule has 3 atom stereocenters. The van der Waals surface area contributed by atoms with Crippen molar-refractivity contribution in [2.75, 3.05) is 60.5 Å². The number of amides is 10. The monoisotopic (exact) mass is 1110 g/mol. The number of hydrogen-bond donors (Lipinski definition) is 9. The van der Waals surface area contributed by atoms with Gasteiger partial charge in [0.2, 0.25) is 53.2 Å². The fourth-order valence-corrected chi connectivity index (χ4v) is 8.51.